The third kappa shape index (κ3) is 8.53. The Balaban J connectivity index is 1.85. The SMILES string of the molecule is CC(CCCS(=O)(=O)O)N=c1ccc2c(/C=C/C=C/Nc3ccccc3)cc(C(C)(C)C)oc-2c1. The molecule has 1 aliphatic heterocycles. The average molecular weight is 495 g/mol. The molecule has 2 N–H and O–H groups in total. The van der Waals surface area contributed by atoms with Crippen LogP contribution in [-0.4, -0.2) is 24.8 Å². The molecule has 1 heterocycles. The zero-order valence-electron chi connectivity index (χ0n) is 20.7. The fourth-order valence-corrected chi connectivity index (χ4v) is 4.09. The fourth-order valence-electron chi connectivity index (χ4n) is 3.56. The first-order valence-electron chi connectivity index (χ1n) is 11.7. The summed E-state index contributed by atoms with van der Waals surface area (Å²) in [5.41, 5.74) is 2.89. The van der Waals surface area contributed by atoms with Crippen LogP contribution in [0.15, 0.2) is 82.4 Å². The summed E-state index contributed by atoms with van der Waals surface area (Å²) in [4.78, 5) is 4.69. The molecule has 0 bridgehead atoms. The molecule has 35 heavy (non-hydrogen) atoms. The third-order valence-corrected chi connectivity index (χ3v) is 6.23. The van der Waals surface area contributed by atoms with Gasteiger partial charge in [0.25, 0.3) is 10.1 Å². The molecule has 1 aliphatic carbocycles. The standard InChI is InChI=1S/C28H34N2O4S/c1-21(11-10-18-35(31,32)33)30-24-15-16-25-22(19-27(28(2,3)4)34-26(25)20-24)12-8-9-17-29-23-13-6-5-7-14-23/h5-9,12-17,19-21,29H,10-11,18H2,1-4H3,(H,31,32,33)/b12-8+,17-9+,30-24?. The van der Waals surface area contributed by atoms with Crippen LogP contribution in [0.3, 0.4) is 0 Å². The number of hydrogen-bond acceptors (Lipinski definition) is 5. The van der Waals surface area contributed by atoms with E-state index in [1.165, 1.54) is 0 Å². The number of fused-ring (bicyclic) bond motifs is 1. The topological polar surface area (TPSA) is 91.9 Å². The first-order valence-corrected chi connectivity index (χ1v) is 13.3. The Morgan fingerprint density at radius 2 is 1.83 bits per heavy atom. The number of allylic oxidation sites excluding steroid dienone is 2. The van der Waals surface area contributed by atoms with E-state index in [0.29, 0.717) is 12.8 Å². The van der Waals surface area contributed by atoms with Crippen molar-refractivity contribution < 1.29 is 17.4 Å². The van der Waals surface area contributed by atoms with Gasteiger partial charge in [-0.1, -0.05) is 51.1 Å². The van der Waals surface area contributed by atoms with Gasteiger partial charge < -0.3 is 9.73 Å². The van der Waals surface area contributed by atoms with Gasteiger partial charge in [0.2, 0.25) is 0 Å². The minimum Gasteiger partial charge on any atom is -0.460 e. The zero-order valence-corrected chi connectivity index (χ0v) is 21.5. The van der Waals surface area contributed by atoms with Crippen molar-refractivity contribution in [3.8, 4) is 11.3 Å². The lowest BCUT2D eigenvalue weighted by Gasteiger charge is -2.21. The highest BCUT2D eigenvalue weighted by Gasteiger charge is 2.20. The molecule has 1 unspecified atom stereocenters. The van der Waals surface area contributed by atoms with Gasteiger partial charge >= 0.3 is 0 Å². The molecular formula is C28H34N2O4S. The van der Waals surface area contributed by atoms with E-state index < -0.39 is 10.1 Å². The molecule has 1 atom stereocenters. The Bertz CT molecular complexity index is 1320. The molecule has 186 valence electrons. The van der Waals surface area contributed by atoms with Crippen molar-refractivity contribution in [1.82, 2.24) is 0 Å². The van der Waals surface area contributed by atoms with Gasteiger partial charge in [-0.2, -0.15) is 8.42 Å². The van der Waals surface area contributed by atoms with Crippen molar-refractivity contribution in [2.45, 2.75) is 52.0 Å². The Morgan fingerprint density at radius 1 is 1.09 bits per heavy atom. The van der Waals surface area contributed by atoms with Crippen LogP contribution in [0.4, 0.5) is 5.69 Å². The van der Waals surface area contributed by atoms with E-state index in [0.717, 1.165) is 33.7 Å². The van der Waals surface area contributed by atoms with E-state index in [1.54, 1.807) is 0 Å². The van der Waals surface area contributed by atoms with Gasteiger partial charge in [-0.25, -0.2) is 0 Å². The number of para-hydroxylation sites is 1. The molecule has 3 rings (SSSR count). The quantitative estimate of drug-likeness (QED) is 0.270. The van der Waals surface area contributed by atoms with Crippen molar-refractivity contribution in [2.75, 3.05) is 11.1 Å². The third-order valence-electron chi connectivity index (χ3n) is 5.42. The summed E-state index contributed by atoms with van der Waals surface area (Å²) in [5, 5.41) is 4.01. The molecule has 0 saturated heterocycles. The second kappa shape index (κ2) is 11.5. The zero-order chi connectivity index (χ0) is 25.5. The Hall–Kier alpha value is -3.16. The van der Waals surface area contributed by atoms with Crippen molar-refractivity contribution in [3.05, 3.63) is 89.6 Å². The summed E-state index contributed by atoms with van der Waals surface area (Å²) in [6.45, 7) is 8.27. The van der Waals surface area contributed by atoms with Crippen molar-refractivity contribution in [1.29, 1.82) is 0 Å². The molecule has 0 amide bonds. The highest BCUT2D eigenvalue weighted by atomic mass is 32.2. The van der Waals surface area contributed by atoms with Crippen molar-refractivity contribution >= 4 is 21.9 Å². The lowest BCUT2D eigenvalue weighted by molar-refractivity contribution is 0.404. The summed E-state index contributed by atoms with van der Waals surface area (Å²) in [7, 11) is -3.94. The van der Waals surface area contributed by atoms with Crippen LogP contribution in [0.25, 0.3) is 17.4 Å². The Morgan fingerprint density at radius 3 is 2.51 bits per heavy atom. The normalized spacial score (nSPS) is 14.3. The van der Waals surface area contributed by atoms with Crippen molar-refractivity contribution in [2.24, 2.45) is 4.99 Å². The van der Waals surface area contributed by atoms with Gasteiger partial charge in [0, 0.05) is 35.0 Å². The van der Waals surface area contributed by atoms with E-state index in [2.05, 4.69) is 38.2 Å². The minimum atomic E-state index is -3.94. The van der Waals surface area contributed by atoms with Crippen LogP contribution in [-0.2, 0) is 15.5 Å². The molecule has 7 heteroatoms. The maximum absolute atomic E-state index is 10.9. The summed E-state index contributed by atoms with van der Waals surface area (Å²) in [6, 6.07) is 17.8. The maximum Gasteiger partial charge on any atom is 0.264 e. The number of rotatable bonds is 9. The Kier molecular flexibility index (Phi) is 8.70. The first kappa shape index (κ1) is 26.4. The fraction of sp³-hybridized carbons (Fsp3) is 0.321. The lowest BCUT2D eigenvalue weighted by atomic mass is 9.90. The van der Waals surface area contributed by atoms with E-state index in [-0.39, 0.29) is 17.2 Å². The summed E-state index contributed by atoms with van der Waals surface area (Å²) >= 11 is 0. The number of hydrogen-bond donors (Lipinski definition) is 2. The minimum absolute atomic E-state index is 0.0818. The van der Waals surface area contributed by atoms with Gasteiger partial charge in [-0.05, 0) is 61.7 Å². The summed E-state index contributed by atoms with van der Waals surface area (Å²) in [6.07, 6.45) is 8.83. The van der Waals surface area contributed by atoms with E-state index >= 15 is 0 Å². The van der Waals surface area contributed by atoms with Gasteiger partial charge in [-0.15, -0.1) is 0 Å². The monoisotopic (exact) mass is 494 g/mol. The predicted molar refractivity (Wildman–Crippen MR) is 143 cm³/mol. The van der Waals surface area contributed by atoms with Crippen LogP contribution in [0.2, 0.25) is 0 Å². The molecule has 0 spiro atoms. The highest BCUT2D eigenvalue weighted by Crippen LogP contribution is 2.33. The molecule has 2 aliphatic rings. The molecule has 0 fully saturated rings. The van der Waals surface area contributed by atoms with E-state index in [9.17, 15) is 8.42 Å². The first-order chi connectivity index (χ1) is 16.5. The van der Waals surface area contributed by atoms with Gasteiger partial charge in [0.15, 0.2) is 0 Å². The maximum atomic E-state index is 10.9. The summed E-state index contributed by atoms with van der Waals surface area (Å²) < 4.78 is 37.1. The van der Waals surface area contributed by atoms with Gasteiger partial charge in [0.05, 0.1) is 11.1 Å². The largest absolute Gasteiger partial charge is 0.460 e. The second-order valence-electron chi connectivity index (χ2n) is 9.63. The van der Waals surface area contributed by atoms with Gasteiger partial charge in [-0.3, -0.25) is 9.55 Å². The van der Waals surface area contributed by atoms with Crippen LogP contribution >= 0.6 is 0 Å². The molecular weight excluding hydrogens is 460 g/mol. The van der Waals surface area contributed by atoms with Crippen LogP contribution in [0.5, 0.6) is 0 Å². The number of anilines is 1. The van der Waals surface area contributed by atoms with E-state index in [1.807, 2.05) is 73.8 Å². The smallest absolute Gasteiger partial charge is 0.264 e. The van der Waals surface area contributed by atoms with E-state index in [4.69, 9.17) is 14.0 Å². The molecule has 1 aromatic carbocycles. The summed E-state index contributed by atoms with van der Waals surface area (Å²) in [5.74, 6) is 1.36. The lowest BCUT2D eigenvalue weighted by Crippen LogP contribution is -2.14. The number of nitrogens with zero attached hydrogens (tertiary/aromatic N) is 1. The predicted octanol–water partition coefficient (Wildman–Crippen LogP) is 6.28. The highest BCUT2D eigenvalue weighted by molar-refractivity contribution is 7.85. The average Bonchev–Trinajstić information content (AvgIpc) is 2.77. The van der Waals surface area contributed by atoms with Crippen molar-refractivity contribution in [3.63, 3.8) is 0 Å². The molecule has 6 nitrogen and oxygen atoms in total. The molecule has 0 radical (unpaired) electrons. The number of nitrogens with one attached hydrogen (secondary N) is 1. The molecule has 0 saturated carbocycles. The van der Waals surface area contributed by atoms with Gasteiger partial charge in [0.1, 0.15) is 11.5 Å². The van der Waals surface area contributed by atoms with Crippen LogP contribution in [0, 0.1) is 0 Å². The Labute approximate surface area is 208 Å². The molecule has 1 aromatic rings. The second-order valence-corrected chi connectivity index (χ2v) is 11.2. The number of benzene rings is 2. The van der Waals surface area contributed by atoms with Crippen LogP contribution < -0.4 is 10.7 Å². The molecule has 0 aromatic heterocycles. The van der Waals surface area contributed by atoms with Crippen LogP contribution in [0.1, 0.15) is 51.9 Å².